The topological polar surface area (TPSA) is 65.0 Å². The lowest BCUT2D eigenvalue weighted by molar-refractivity contribution is 0.669. The highest BCUT2D eigenvalue weighted by Gasteiger charge is 2.19. The third-order valence-electron chi connectivity index (χ3n) is 10.3. The van der Waals surface area contributed by atoms with Gasteiger partial charge in [0.2, 0.25) is 0 Å². The molecule has 0 amide bonds. The minimum absolute atomic E-state index is 0.603. The van der Waals surface area contributed by atoms with Gasteiger partial charge in [-0.05, 0) is 64.0 Å². The molecule has 0 unspecified atom stereocenters. The molecule has 0 N–H and O–H groups in total. The van der Waals surface area contributed by atoms with Crippen molar-refractivity contribution in [3.05, 3.63) is 176 Å². The fourth-order valence-corrected chi connectivity index (χ4v) is 7.76. The summed E-state index contributed by atoms with van der Waals surface area (Å²) in [6.45, 7) is 0. The van der Waals surface area contributed by atoms with Crippen LogP contribution in [-0.2, 0) is 0 Å². The summed E-state index contributed by atoms with van der Waals surface area (Å²) in [5, 5.41) is 6.56. The first-order valence-corrected chi connectivity index (χ1v) is 18.0. The molecule has 0 fully saturated rings. The molecule has 0 bridgehead atoms. The van der Waals surface area contributed by atoms with Crippen molar-refractivity contribution >= 4 is 54.6 Å². The van der Waals surface area contributed by atoms with Crippen molar-refractivity contribution in [1.29, 1.82) is 0 Å². The summed E-state index contributed by atoms with van der Waals surface area (Å²) in [5.74, 6) is 1.83. The quantitative estimate of drug-likeness (QED) is 0.180. The van der Waals surface area contributed by atoms with E-state index in [1.165, 1.54) is 16.5 Å². The molecule has 0 aliphatic heterocycles. The van der Waals surface area contributed by atoms with Gasteiger partial charge in [0, 0.05) is 43.6 Å². The molecule has 11 aromatic rings. The van der Waals surface area contributed by atoms with Crippen molar-refractivity contribution in [1.82, 2.24) is 15.0 Å². The second-order valence-corrected chi connectivity index (χ2v) is 13.6. The Balaban J connectivity index is 1.05. The van der Waals surface area contributed by atoms with Crippen LogP contribution in [0.25, 0.3) is 111 Å². The Morgan fingerprint density at radius 1 is 0.296 bits per heavy atom. The fourth-order valence-electron chi connectivity index (χ4n) is 7.76. The Kier molecular flexibility index (Phi) is 6.79. The van der Waals surface area contributed by atoms with Crippen LogP contribution < -0.4 is 0 Å². The van der Waals surface area contributed by atoms with Crippen LogP contribution in [0.3, 0.4) is 0 Å². The number of rotatable bonds is 5. The van der Waals surface area contributed by atoms with Crippen LogP contribution in [0, 0.1) is 0 Å². The molecule has 0 saturated carbocycles. The lowest BCUT2D eigenvalue weighted by Crippen LogP contribution is -2.00. The van der Waals surface area contributed by atoms with Crippen molar-refractivity contribution in [3.63, 3.8) is 0 Å². The lowest BCUT2D eigenvalue weighted by atomic mass is 9.93. The minimum Gasteiger partial charge on any atom is -0.456 e. The number of hydrogen-bond donors (Lipinski definition) is 0. The predicted molar refractivity (Wildman–Crippen MR) is 219 cm³/mol. The summed E-state index contributed by atoms with van der Waals surface area (Å²) in [6, 6.07) is 60.5. The summed E-state index contributed by atoms with van der Waals surface area (Å²) in [4.78, 5) is 15.0. The number of fused-ring (bicyclic) bond motifs is 8. The number of hydrogen-bond acceptors (Lipinski definition) is 5. The molecule has 252 valence electrons. The van der Waals surface area contributed by atoms with E-state index in [0.29, 0.717) is 17.5 Å². The summed E-state index contributed by atoms with van der Waals surface area (Å²) in [7, 11) is 0. The number of para-hydroxylation sites is 1. The highest BCUT2D eigenvalue weighted by Crippen LogP contribution is 2.43. The molecule has 3 aromatic heterocycles. The third-order valence-corrected chi connectivity index (χ3v) is 10.3. The van der Waals surface area contributed by atoms with Gasteiger partial charge in [-0.2, -0.15) is 0 Å². The Bertz CT molecular complexity index is 3200. The van der Waals surface area contributed by atoms with Crippen molar-refractivity contribution in [2.24, 2.45) is 0 Å². The van der Waals surface area contributed by atoms with Gasteiger partial charge in [0.15, 0.2) is 17.5 Å². The van der Waals surface area contributed by atoms with E-state index in [1.54, 1.807) is 0 Å². The van der Waals surface area contributed by atoms with Crippen molar-refractivity contribution in [3.8, 4) is 56.4 Å². The molecule has 3 heterocycles. The molecule has 5 nitrogen and oxygen atoms in total. The predicted octanol–water partition coefficient (Wildman–Crippen LogP) is 13.2. The van der Waals surface area contributed by atoms with E-state index in [-0.39, 0.29) is 0 Å². The molecule has 8 aromatic carbocycles. The summed E-state index contributed by atoms with van der Waals surface area (Å²) >= 11 is 0. The lowest BCUT2D eigenvalue weighted by Gasteiger charge is -2.10. The maximum absolute atomic E-state index is 6.63. The molecule has 54 heavy (non-hydrogen) atoms. The van der Waals surface area contributed by atoms with E-state index < -0.39 is 0 Å². The zero-order chi connectivity index (χ0) is 35.6. The number of aromatic nitrogens is 3. The van der Waals surface area contributed by atoms with Crippen LogP contribution in [0.2, 0.25) is 0 Å². The highest BCUT2D eigenvalue weighted by atomic mass is 16.3. The van der Waals surface area contributed by atoms with Gasteiger partial charge in [-0.1, -0.05) is 140 Å². The molecule has 0 atom stereocenters. The van der Waals surface area contributed by atoms with Gasteiger partial charge in [-0.25, -0.2) is 15.0 Å². The van der Waals surface area contributed by atoms with Gasteiger partial charge in [-0.3, -0.25) is 0 Å². The summed E-state index contributed by atoms with van der Waals surface area (Å²) in [6.07, 6.45) is 0. The van der Waals surface area contributed by atoms with Crippen LogP contribution in [0.15, 0.2) is 185 Å². The van der Waals surface area contributed by atoms with Crippen molar-refractivity contribution in [2.75, 3.05) is 0 Å². The second kappa shape index (κ2) is 12.1. The van der Waals surface area contributed by atoms with Crippen LogP contribution in [-0.4, -0.2) is 15.0 Å². The smallest absolute Gasteiger partial charge is 0.164 e. The fraction of sp³-hybridized carbons (Fsp3) is 0. The molecular formula is C49H29N3O2. The van der Waals surface area contributed by atoms with Crippen LogP contribution in [0.4, 0.5) is 0 Å². The number of benzene rings is 8. The van der Waals surface area contributed by atoms with Gasteiger partial charge in [-0.15, -0.1) is 0 Å². The SMILES string of the molecule is c1ccc(-c2nc(-c3ccc(-c4cccc5oc6c7ccccc7c(-c7ccccc7)cc6c45)cc3)nc(-c3ccc4oc5ccccc5c4c3)n2)cc1. The summed E-state index contributed by atoms with van der Waals surface area (Å²) in [5.41, 5.74) is 10.7. The molecule has 0 saturated heterocycles. The maximum Gasteiger partial charge on any atom is 0.164 e. The zero-order valence-electron chi connectivity index (χ0n) is 28.9. The monoisotopic (exact) mass is 691 g/mol. The maximum atomic E-state index is 6.63. The van der Waals surface area contributed by atoms with E-state index >= 15 is 0 Å². The first-order chi connectivity index (χ1) is 26.7. The van der Waals surface area contributed by atoms with Crippen molar-refractivity contribution < 1.29 is 8.83 Å². The molecular weight excluding hydrogens is 663 g/mol. The Hall–Kier alpha value is -7.37. The Morgan fingerprint density at radius 2 is 0.833 bits per heavy atom. The Morgan fingerprint density at radius 3 is 1.59 bits per heavy atom. The zero-order valence-corrected chi connectivity index (χ0v) is 28.9. The standard InChI is InChI=1S/C49H29N3O2/c1-3-12-30(13-4-1)39-29-41-45-35(19-11-21-44(45)54-46(41)38-18-8-7-16-36(38)39)31-22-24-33(25-23-31)48-50-47(32-14-5-2-6-15-32)51-49(52-48)34-26-27-43-40(28-34)37-17-9-10-20-42(37)53-43/h1-29H. The van der Waals surface area contributed by atoms with E-state index in [1.807, 2.05) is 60.7 Å². The molecule has 5 heteroatoms. The van der Waals surface area contributed by atoms with E-state index in [9.17, 15) is 0 Å². The minimum atomic E-state index is 0.603. The van der Waals surface area contributed by atoms with E-state index in [4.69, 9.17) is 23.8 Å². The largest absolute Gasteiger partial charge is 0.456 e. The molecule has 0 aliphatic carbocycles. The normalized spacial score (nSPS) is 11.7. The van der Waals surface area contributed by atoms with Gasteiger partial charge >= 0.3 is 0 Å². The van der Waals surface area contributed by atoms with Crippen LogP contribution >= 0.6 is 0 Å². The number of nitrogens with zero attached hydrogens (tertiary/aromatic N) is 3. The van der Waals surface area contributed by atoms with Gasteiger partial charge < -0.3 is 8.83 Å². The molecule has 0 radical (unpaired) electrons. The first kappa shape index (κ1) is 30.3. The molecule has 11 rings (SSSR count). The van der Waals surface area contributed by atoms with E-state index in [0.717, 1.165) is 77.1 Å². The van der Waals surface area contributed by atoms with E-state index in [2.05, 4.69) is 115 Å². The van der Waals surface area contributed by atoms with Crippen molar-refractivity contribution in [2.45, 2.75) is 0 Å². The molecule has 0 spiro atoms. The average Bonchev–Trinajstić information content (AvgIpc) is 3.82. The number of furan rings is 2. The second-order valence-electron chi connectivity index (χ2n) is 13.6. The Labute approximate surface area is 309 Å². The average molecular weight is 692 g/mol. The van der Waals surface area contributed by atoms with Crippen LogP contribution in [0.1, 0.15) is 0 Å². The summed E-state index contributed by atoms with van der Waals surface area (Å²) < 4.78 is 12.7. The first-order valence-electron chi connectivity index (χ1n) is 18.0. The molecule has 0 aliphatic rings. The van der Waals surface area contributed by atoms with Gasteiger partial charge in [0.05, 0.1) is 0 Å². The van der Waals surface area contributed by atoms with Gasteiger partial charge in [0.1, 0.15) is 22.3 Å². The van der Waals surface area contributed by atoms with Crippen LogP contribution in [0.5, 0.6) is 0 Å². The highest BCUT2D eigenvalue weighted by molar-refractivity contribution is 6.22. The third kappa shape index (κ3) is 4.90. The van der Waals surface area contributed by atoms with Gasteiger partial charge in [0.25, 0.3) is 0 Å².